The summed E-state index contributed by atoms with van der Waals surface area (Å²) in [6.45, 7) is 1.78. The van der Waals surface area contributed by atoms with E-state index in [1.54, 1.807) is 48.5 Å². The lowest BCUT2D eigenvalue weighted by atomic mass is 10.1. The van der Waals surface area contributed by atoms with Gasteiger partial charge in [0.25, 0.3) is 0 Å². The Morgan fingerprint density at radius 2 is 1.67 bits per heavy atom. The predicted octanol–water partition coefficient (Wildman–Crippen LogP) is 2.81. The lowest BCUT2D eigenvalue weighted by Gasteiger charge is -2.08. The first kappa shape index (κ1) is 18.2. The van der Waals surface area contributed by atoms with E-state index in [-0.39, 0.29) is 17.2 Å². The Hall–Kier alpha value is -2.18. The molecule has 0 spiro atoms. The fraction of sp³-hybridized carbons (Fsp3) is 0.278. The van der Waals surface area contributed by atoms with Gasteiger partial charge in [-0.15, -0.1) is 0 Å². The maximum Gasteiger partial charge on any atom is 0.240 e. The van der Waals surface area contributed by atoms with Crippen molar-refractivity contribution in [3.05, 3.63) is 59.7 Å². The van der Waals surface area contributed by atoms with Crippen molar-refractivity contribution in [1.29, 1.82) is 0 Å². The lowest BCUT2D eigenvalue weighted by molar-refractivity contribution is 0.0997. The summed E-state index contributed by atoms with van der Waals surface area (Å²) in [7, 11) is -2.16. The molecule has 0 fully saturated rings. The second-order valence-corrected chi connectivity index (χ2v) is 7.14. The number of aryl methyl sites for hydroxylation is 1. The number of carbonyl (C=O) groups excluding carboxylic acids is 1. The summed E-state index contributed by atoms with van der Waals surface area (Å²) in [4.78, 5) is 12.3. The number of rotatable bonds is 8. The van der Waals surface area contributed by atoms with E-state index in [2.05, 4.69) is 11.6 Å². The van der Waals surface area contributed by atoms with Crippen molar-refractivity contribution in [1.82, 2.24) is 4.72 Å². The largest absolute Gasteiger partial charge is 0.497 e. The average Bonchev–Trinajstić information content (AvgIpc) is 2.60. The standard InChI is InChI=1S/C18H21NO4S/c1-3-4-14-5-11-17(12-6-14)24(21,22)19-13-18(20)15-7-9-16(23-2)10-8-15/h5-12,19H,3-4,13H2,1-2H3. The van der Waals surface area contributed by atoms with Gasteiger partial charge in [0.05, 0.1) is 18.6 Å². The molecule has 0 saturated heterocycles. The van der Waals surface area contributed by atoms with Gasteiger partial charge < -0.3 is 4.74 Å². The molecule has 5 nitrogen and oxygen atoms in total. The minimum absolute atomic E-state index is 0.157. The minimum Gasteiger partial charge on any atom is -0.497 e. The van der Waals surface area contributed by atoms with Crippen molar-refractivity contribution in [2.75, 3.05) is 13.7 Å². The molecule has 0 bridgehead atoms. The molecule has 0 heterocycles. The molecule has 0 saturated carbocycles. The molecule has 0 aliphatic heterocycles. The Balaban J connectivity index is 2.01. The zero-order valence-corrected chi connectivity index (χ0v) is 14.6. The van der Waals surface area contributed by atoms with Gasteiger partial charge in [-0.05, 0) is 48.4 Å². The van der Waals surface area contributed by atoms with Gasteiger partial charge in [-0.25, -0.2) is 13.1 Å². The highest BCUT2D eigenvalue weighted by molar-refractivity contribution is 7.89. The van der Waals surface area contributed by atoms with E-state index in [1.807, 2.05) is 0 Å². The maximum absolute atomic E-state index is 12.3. The van der Waals surface area contributed by atoms with Gasteiger partial charge in [-0.3, -0.25) is 4.79 Å². The topological polar surface area (TPSA) is 72.5 Å². The summed E-state index contributed by atoms with van der Waals surface area (Å²) in [6.07, 6.45) is 1.91. The molecule has 0 aliphatic carbocycles. The van der Waals surface area contributed by atoms with Crippen LogP contribution < -0.4 is 9.46 Å². The third kappa shape index (κ3) is 4.66. The van der Waals surface area contributed by atoms with E-state index < -0.39 is 10.0 Å². The van der Waals surface area contributed by atoms with Crippen molar-refractivity contribution in [2.24, 2.45) is 0 Å². The molecule has 0 amide bonds. The molecular formula is C18H21NO4S. The van der Waals surface area contributed by atoms with Crippen molar-refractivity contribution in [2.45, 2.75) is 24.7 Å². The van der Waals surface area contributed by atoms with Gasteiger partial charge in [0.15, 0.2) is 5.78 Å². The Labute approximate surface area is 142 Å². The zero-order valence-electron chi connectivity index (χ0n) is 13.8. The molecule has 0 atom stereocenters. The van der Waals surface area contributed by atoms with Crippen LogP contribution in [-0.4, -0.2) is 27.9 Å². The Kier molecular flexibility index (Phi) is 6.11. The Morgan fingerprint density at radius 1 is 1.04 bits per heavy atom. The summed E-state index contributed by atoms with van der Waals surface area (Å²) < 4.78 is 31.9. The highest BCUT2D eigenvalue weighted by atomic mass is 32.2. The highest BCUT2D eigenvalue weighted by Crippen LogP contribution is 2.13. The molecule has 2 rings (SSSR count). The number of methoxy groups -OCH3 is 1. The number of Topliss-reactive ketones (excluding diaryl/α,β-unsaturated/α-hetero) is 1. The second kappa shape index (κ2) is 8.08. The molecule has 0 aliphatic rings. The van der Waals surface area contributed by atoms with Crippen LogP contribution in [0.15, 0.2) is 53.4 Å². The van der Waals surface area contributed by atoms with Crippen molar-refractivity contribution >= 4 is 15.8 Å². The van der Waals surface area contributed by atoms with Gasteiger partial charge in [-0.1, -0.05) is 25.5 Å². The van der Waals surface area contributed by atoms with Gasteiger partial charge >= 0.3 is 0 Å². The molecule has 0 aromatic heterocycles. The van der Waals surface area contributed by atoms with E-state index in [0.717, 1.165) is 18.4 Å². The van der Waals surface area contributed by atoms with Crippen molar-refractivity contribution in [3.63, 3.8) is 0 Å². The summed E-state index contributed by atoms with van der Waals surface area (Å²) in [6, 6.07) is 13.2. The van der Waals surface area contributed by atoms with E-state index in [0.29, 0.717) is 11.3 Å². The van der Waals surface area contributed by atoms with Gasteiger partial charge in [0, 0.05) is 5.56 Å². The first-order chi connectivity index (χ1) is 11.5. The van der Waals surface area contributed by atoms with Crippen LogP contribution in [0.1, 0.15) is 29.3 Å². The van der Waals surface area contributed by atoms with Crippen LogP contribution in [0.3, 0.4) is 0 Å². The molecule has 128 valence electrons. The molecule has 2 aromatic rings. The molecular weight excluding hydrogens is 326 g/mol. The number of ether oxygens (including phenoxy) is 1. The van der Waals surface area contributed by atoms with Crippen molar-refractivity contribution < 1.29 is 17.9 Å². The van der Waals surface area contributed by atoms with Gasteiger partial charge in [-0.2, -0.15) is 0 Å². The first-order valence-electron chi connectivity index (χ1n) is 7.72. The minimum atomic E-state index is -3.70. The van der Waals surface area contributed by atoms with E-state index in [9.17, 15) is 13.2 Å². The number of sulfonamides is 1. The number of hydrogen-bond donors (Lipinski definition) is 1. The summed E-state index contributed by atoms with van der Waals surface area (Å²) in [5, 5.41) is 0. The zero-order chi connectivity index (χ0) is 17.6. The van der Waals surface area contributed by atoms with Crippen LogP contribution in [0.25, 0.3) is 0 Å². The van der Waals surface area contributed by atoms with E-state index in [1.165, 1.54) is 7.11 Å². The third-order valence-electron chi connectivity index (χ3n) is 3.61. The third-order valence-corrected chi connectivity index (χ3v) is 5.02. The van der Waals surface area contributed by atoms with Crippen LogP contribution in [-0.2, 0) is 16.4 Å². The van der Waals surface area contributed by atoms with Crippen LogP contribution >= 0.6 is 0 Å². The number of carbonyl (C=O) groups is 1. The molecule has 1 N–H and O–H groups in total. The number of benzene rings is 2. The molecule has 2 aromatic carbocycles. The van der Waals surface area contributed by atoms with Crippen LogP contribution in [0.5, 0.6) is 5.75 Å². The predicted molar refractivity (Wildman–Crippen MR) is 93.0 cm³/mol. The summed E-state index contributed by atoms with van der Waals surface area (Å²) in [5.41, 5.74) is 1.52. The smallest absolute Gasteiger partial charge is 0.240 e. The molecule has 24 heavy (non-hydrogen) atoms. The number of ketones is 1. The summed E-state index contributed by atoms with van der Waals surface area (Å²) in [5.74, 6) is 0.336. The average molecular weight is 347 g/mol. The number of hydrogen-bond acceptors (Lipinski definition) is 4. The van der Waals surface area contributed by atoms with Crippen LogP contribution in [0.2, 0.25) is 0 Å². The van der Waals surface area contributed by atoms with Gasteiger partial charge in [0.2, 0.25) is 10.0 Å². The van der Waals surface area contributed by atoms with Crippen LogP contribution in [0, 0.1) is 0 Å². The Morgan fingerprint density at radius 3 is 2.21 bits per heavy atom. The SMILES string of the molecule is CCCc1ccc(S(=O)(=O)NCC(=O)c2ccc(OC)cc2)cc1. The van der Waals surface area contributed by atoms with E-state index >= 15 is 0 Å². The maximum atomic E-state index is 12.3. The molecule has 0 radical (unpaired) electrons. The fourth-order valence-corrected chi connectivity index (χ4v) is 3.23. The lowest BCUT2D eigenvalue weighted by Crippen LogP contribution is -2.29. The fourth-order valence-electron chi connectivity index (χ4n) is 2.25. The molecule has 0 unspecified atom stereocenters. The van der Waals surface area contributed by atoms with Gasteiger partial charge in [0.1, 0.15) is 5.75 Å². The quantitative estimate of drug-likeness (QED) is 0.745. The van der Waals surface area contributed by atoms with Crippen LogP contribution in [0.4, 0.5) is 0 Å². The van der Waals surface area contributed by atoms with Crippen molar-refractivity contribution in [3.8, 4) is 5.75 Å². The highest BCUT2D eigenvalue weighted by Gasteiger charge is 2.16. The monoisotopic (exact) mass is 347 g/mol. The second-order valence-electron chi connectivity index (χ2n) is 5.37. The normalized spacial score (nSPS) is 11.2. The molecule has 6 heteroatoms. The summed E-state index contributed by atoms with van der Waals surface area (Å²) >= 11 is 0. The Bertz CT molecular complexity index is 781. The van der Waals surface area contributed by atoms with E-state index in [4.69, 9.17) is 4.74 Å². The number of nitrogens with one attached hydrogen (secondary N) is 1. The first-order valence-corrected chi connectivity index (χ1v) is 9.20.